The number of rotatable bonds is 1. The molecule has 0 saturated heterocycles. The first-order valence-corrected chi connectivity index (χ1v) is 7.15. The van der Waals surface area contributed by atoms with Gasteiger partial charge in [-0.2, -0.15) is 4.37 Å². The molecule has 84 valence electrons. The highest BCUT2D eigenvalue weighted by molar-refractivity contribution is 9.11. The smallest absolute Gasteiger partial charge is 0.193 e. The minimum Gasteiger partial charge on any atom is -0.243 e. The zero-order valence-electron chi connectivity index (χ0n) is 8.39. The molecule has 0 aliphatic heterocycles. The van der Waals surface area contributed by atoms with Gasteiger partial charge >= 0.3 is 0 Å². The number of nitrogens with zero attached hydrogens (tertiary/aromatic N) is 3. The lowest BCUT2D eigenvalue weighted by atomic mass is 10.2. The topological polar surface area (TPSA) is 38.7 Å². The molecule has 0 unspecified atom stereocenters. The van der Waals surface area contributed by atoms with Crippen LogP contribution in [-0.4, -0.2) is 14.3 Å². The van der Waals surface area contributed by atoms with E-state index in [0.717, 1.165) is 25.0 Å². The molecule has 2 aromatic heterocycles. The Morgan fingerprint density at radius 2 is 1.88 bits per heavy atom. The molecular formula is C11H5Br2N3S. The summed E-state index contributed by atoms with van der Waals surface area (Å²) in [4.78, 5) is 8.85. The van der Waals surface area contributed by atoms with Crippen LogP contribution in [0.15, 0.2) is 38.7 Å². The van der Waals surface area contributed by atoms with Crippen molar-refractivity contribution >= 4 is 54.3 Å². The molecule has 3 aromatic rings. The first-order valence-electron chi connectivity index (χ1n) is 4.79. The summed E-state index contributed by atoms with van der Waals surface area (Å²) in [7, 11) is 0. The quantitative estimate of drug-likeness (QED) is 0.641. The molecule has 1 aromatic carbocycles. The SMILES string of the molecule is Brc1nc(-c2nc3ccccc3cc2Br)ns1. The van der Waals surface area contributed by atoms with Crippen LogP contribution in [0.2, 0.25) is 0 Å². The summed E-state index contributed by atoms with van der Waals surface area (Å²) in [6, 6.07) is 10.0. The van der Waals surface area contributed by atoms with Gasteiger partial charge in [0.05, 0.1) is 5.52 Å². The van der Waals surface area contributed by atoms with E-state index in [9.17, 15) is 0 Å². The van der Waals surface area contributed by atoms with Gasteiger partial charge in [-0.1, -0.05) is 18.2 Å². The molecular weight excluding hydrogens is 366 g/mol. The first kappa shape index (κ1) is 11.3. The Labute approximate surface area is 118 Å². The lowest BCUT2D eigenvalue weighted by Gasteiger charge is -2.02. The van der Waals surface area contributed by atoms with Gasteiger partial charge in [0.25, 0.3) is 0 Å². The number of hydrogen-bond donors (Lipinski definition) is 0. The number of fused-ring (bicyclic) bond motifs is 1. The molecule has 0 aliphatic rings. The van der Waals surface area contributed by atoms with Crippen molar-refractivity contribution in [3.05, 3.63) is 38.7 Å². The molecule has 0 saturated carbocycles. The molecule has 0 radical (unpaired) electrons. The van der Waals surface area contributed by atoms with Gasteiger partial charge in [-0.3, -0.25) is 0 Å². The highest BCUT2D eigenvalue weighted by Crippen LogP contribution is 2.29. The fourth-order valence-corrected chi connectivity index (χ4v) is 2.86. The van der Waals surface area contributed by atoms with Gasteiger partial charge in [-0.05, 0) is 55.5 Å². The van der Waals surface area contributed by atoms with Crippen LogP contribution < -0.4 is 0 Å². The molecule has 0 amide bonds. The molecule has 17 heavy (non-hydrogen) atoms. The van der Waals surface area contributed by atoms with E-state index < -0.39 is 0 Å². The maximum Gasteiger partial charge on any atom is 0.193 e. The van der Waals surface area contributed by atoms with Gasteiger partial charge in [-0.15, -0.1) is 0 Å². The van der Waals surface area contributed by atoms with Gasteiger partial charge in [0.15, 0.2) is 9.74 Å². The average Bonchev–Trinajstić information content (AvgIpc) is 2.75. The monoisotopic (exact) mass is 369 g/mol. The van der Waals surface area contributed by atoms with E-state index in [4.69, 9.17) is 0 Å². The summed E-state index contributed by atoms with van der Waals surface area (Å²) >= 11 is 8.12. The number of pyridine rings is 1. The van der Waals surface area contributed by atoms with Gasteiger partial charge in [0, 0.05) is 9.86 Å². The third-order valence-corrected chi connectivity index (χ3v) is 4.01. The zero-order valence-corrected chi connectivity index (χ0v) is 12.4. The standard InChI is InChI=1S/C11H5Br2N3S/c12-7-5-6-3-1-2-4-8(6)14-9(7)10-15-11(13)17-16-10/h1-5H. The van der Waals surface area contributed by atoms with Crippen LogP contribution in [0.25, 0.3) is 22.4 Å². The summed E-state index contributed by atoms with van der Waals surface area (Å²) in [5.41, 5.74) is 1.71. The third-order valence-electron chi connectivity index (χ3n) is 2.29. The molecule has 0 spiro atoms. The van der Waals surface area contributed by atoms with Crippen LogP contribution in [0.1, 0.15) is 0 Å². The predicted octanol–water partition coefficient (Wildman–Crippen LogP) is 4.28. The van der Waals surface area contributed by atoms with Crippen molar-refractivity contribution in [3.8, 4) is 11.5 Å². The van der Waals surface area contributed by atoms with E-state index in [1.807, 2.05) is 30.3 Å². The first-order chi connectivity index (χ1) is 8.24. The minimum atomic E-state index is 0.638. The van der Waals surface area contributed by atoms with E-state index in [-0.39, 0.29) is 0 Å². The van der Waals surface area contributed by atoms with Crippen LogP contribution in [0.3, 0.4) is 0 Å². The molecule has 0 fully saturated rings. The maximum atomic E-state index is 4.57. The Kier molecular flexibility index (Phi) is 2.94. The summed E-state index contributed by atoms with van der Waals surface area (Å²) in [6.45, 7) is 0. The van der Waals surface area contributed by atoms with Crippen molar-refractivity contribution in [2.75, 3.05) is 0 Å². The largest absolute Gasteiger partial charge is 0.243 e. The average molecular weight is 371 g/mol. The zero-order chi connectivity index (χ0) is 11.8. The van der Waals surface area contributed by atoms with E-state index in [2.05, 4.69) is 46.2 Å². The Balaban J connectivity index is 2.26. The molecule has 6 heteroatoms. The lowest BCUT2D eigenvalue weighted by Crippen LogP contribution is -1.89. The van der Waals surface area contributed by atoms with Crippen LogP contribution in [0, 0.1) is 0 Å². The van der Waals surface area contributed by atoms with Crippen molar-refractivity contribution in [1.82, 2.24) is 14.3 Å². The summed E-state index contributed by atoms with van der Waals surface area (Å²) < 4.78 is 5.91. The Hall–Kier alpha value is -0.850. The number of halogens is 2. The molecule has 3 rings (SSSR count). The van der Waals surface area contributed by atoms with Crippen molar-refractivity contribution in [2.45, 2.75) is 0 Å². The third kappa shape index (κ3) is 2.12. The number of benzene rings is 1. The molecule has 0 N–H and O–H groups in total. The maximum absolute atomic E-state index is 4.57. The van der Waals surface area contributed by atoms with Crippen LogP contribution in [0.4, 0.5) is 0 Å². The second-order valence-electron chi connectivity index (χ2n) is 3.38. The Morgan fingerprint density at radius 3 is 2.65 bits per heavy atom. The lowest BCUT2D eigenvalue weighted by molar-refractivity contribution is 1.24. The minimum absolute atomic E-state index is 0.638. The van der Waals surface area contributed by atoms with Crippen molar-refractivity contribution < 1.29 is 0 Å². The van der Waals surface area contributed by atoms with Crippen molar-refractivity contribution in [2.24, 2.45) is 0 Å². The van der Waals surface area contributed by atoms with E-state index in [1.165, 1.54) is 11.5 Å². The van der Waals surface area contributed by atoms with Gasteiger partial charge < -0.3 is 0 Å². The molecule has 0 aliphatic carbocycles. The van der Waals surface area contributed by atoms with Gasteiger partial charge in [0.1, 0.15) is 5.69 Å². The molecule has 0 bridgehead atoms. The Morgan fingerprint density at radius 1 is 1.06 bits per heavy atom. The second kappa shape index (κ2) is 4.44. The van der Waals surface area contributed by atoms with Gasteiger partial charge in [0.2, 0.25) is 0 Å². The van der Waals surface area contributed by atoms with E-state index in [1.54, 1.807) is 0 Å². The summed E-state index contributed by atoms with van der Waals surface area (Å²) in [6.07, 6.45) is 0. The summed E-state index contributed by atoms with van der Waals surface area (Å²) in [5, 5.41) is 1.09. The highest BCUT2D eigenvalue weighted by Gasteiger charge is 2.11. The molecule has 2 heterocycles. The van der Waals surface area contributed by atoms with Crippen molar-refractivity contribution in [3.63, 3.8) is 0 Å². The van der Waals surface area contributed by atoms with E-state index in [0.29, 0.717) is 5.82 Å². The normalized spacial score (nSPS) is 10.9. The van der Waals surface area contributed by atoms with Crippen LogP contribution >= 0.6 is 43.4 Å². The molecule has 0 atom stereocenters. The van der Waals surface area contributed by atoms with Gasteiger partial charge in [-0.25, -0.2) is 9.97 Å². The molecule has 3 nitrogen and oxygen atoms in total. The second-order valence-corrected chi connectivity index (χ2v) is 6.26. The summed E-state index contributed by atoms with van der Waals surface area (Å²) in [5.74, 6) is 0.638. The van der Waals surface area contributed by atoms with Crippen LogP contribution in [-0.2, 0) is 0 Å². The number of hydrogen-bond acceptors (Lipinski definition) is 4. The number of aromatic nitrogens is 3. The van der Waals surface area contributed by atoms with Crippen molar-refractivity contribution in [1.29, 1.82) is 0 Å². The van der Waals surface area contributed by atoms with Crippen LogP contribution in [0.5, 0.6) is 0 Å². The Bertz CT molecular complexity index is 696. The number of para-hydroxylation sites is 1. The highest BCUT2D eigenvalue weighted by atomic mass is 79.9. The fourth-order valence-electron chi connectivity index (χ4n) is 1.55. The fraction of sp³-hybridized carbons (Fsp3) is 0. The predicted molar refractivity (Wildman–Crippen MR) is 76.0 cm³/mol. The van der Waals surface area contributed by atoms with E-state index >= 15 is 0 Å².